The molecule has 0 aromatic rings. The maximum absolute atomic E-state index is 10.1. The summed E-state index contributed by atoms with van der Waals surface area (Å²) in [5, 5.41) is 0. The van der Waals surface area contributed by atoms with Crippen molar-refractivity contribution in [1.82, 2.24) is 4.90 Å². The average Bonchev–Trinajstić information content (AvgIpc) is 2.67. The van der Waals surface area contributed by atoms with Crippen molar-refractivity contribution >= 4 is 6.41 Å². The summed E-state index contributed by atoms with van der Waals surface area (Å²) >= 11 is 0. The van der Waals surface area contributed by atoms with Crippen LogP contribution in [0.1, 0.15) is 13.3 Å². The Balaban J connectivity index is 2.17. The minimum Gasteiger partial charge on any atom is -0.376 e. The molecule has 0 aliphatic heterocycles. The highest BCUT2D eigenvalue weighted by Gasteiger charge is 2.41. The van der Waals surface area contributed by atoms with E-state index in [9.17, 15) is 4.79 Å². The molecule has 1 aliphatic rings. The lowest BCUT2D eigenvalue weighted by Crippen LogP contribution is -2.22. The van der Waals surface area contributed by atoms with Crippen molar-refractivity contribution in [3.63, 3.8) is 0 Å². The first-order chi connectivity index (χ1) is 4.79. The smallest absolute Gasteiger partial charge is 0.312 e. The van der Waals surface area contributed by atoms with Gasteiger partial charge in [0.25, 0.3) is 0 Å². The van der Waals surface area contributed by atoms with Crippen LogP contribution >= 0.6 is 0 Å². The Labute approximate surface area is 61.0 Å². The number of likely N-dealkylation sites (N-methyl/N-ethyl adjacent to an activating group) is 1. The summed E-state index contributed by atoms with van der Waals surface area (Å²) in [6, 6.07) is 0.289. The second-order valence-electron chi connectivity index (χ2n) is 2.50. The number of rotatable bonds is 4. The third-order valence-corrected chi connectivity index (χ3v) is 1.72. The van der Waals surface area contributed by atoms with Gasteiger partial charge in [0.2, 0.25) is 0 Å². The zero-order chi connectivity index (χ0) is 7.56. The molecular formula is C7H12NO2. The van der Waals surface area contributed by atoms with Crippen molar-refractivity contribution in [2.45, 2.75) is 25.5 Å². The van der Waals surface area contributed by atoms with Gasteiger partial charge in [-0.3, -0.25) is 4.79 Å². The molecule has 2 unspecified atom stereocenters. The molecule has 57 valence electrons. The van der Waals surface area contributed by atoms with E-state index in [0.29, 0.717) is 0 Å². The molecule has 0 aromatic heterocycles. The van der Waals surface area contributed by atoms with E-state index < -0.39 is 0 Å². The highest BCUT2D eigenvalue weighted by atomic mass is 16.5. The summed E-state index contributed by atoms with van der Waals surface area (Å²) in [4.78, 5) is 11.6. The molecular weight excluding hydrogens is 130 g/mol. The van der Waals surface area contributed by atoms with Gasteiger partial charge in [-0.15, -0.1) is 0 Å². The second kappa shape index (κ2) is 3.01. The van der Waals surface area contributed by atoms with Gasteiger partial charge in [0.05, 0.1) is 12.1 Å². The normalized spacial score (nSPS) is 29.8. The maximum Gasteiger partial charge on any atom is 0.312 e. The fourth-order valence-corrected chi connectivity index (χ4v) is 1.03. The SMILES string of the molecule is CCOC1CC1N(C)[C]=O. The number of hydrogen-bond acceptors (Lipinski definition) is 2. The van der Waals surface area contributed by atoms with E-state index in [1.54, 1.807) is 11.9 Å². The van der Waals surface area contributed by atoms with Crippen molar-refractivity contribution in [2.75, 3.05) is 13.7 Å². The Morgan fingerprint density at radius 3 is 3.00 bits per heavy atom. The van der Waals surface area contributed by atoms with Crippen LogP contribution in [0, 0.1) is 0 Å². The molecule has 1 saturated carbocycles. The maximum atomic E-state index is 10.1. The molecule has 3 nitrogen and oxygen atoms in total. The van der Waals surface area contributed by atoms with Crippen molar-refractivity contribution in [3.8, 4) is 0 Å². The molecule has 0 spiro atoms. The van der Waals surface area contributed by atoms with Crippen LogP contribution in [0.4, 0.5) is 0 Å². The van der Waals surface area contributed by atoms with E-state index in [1.165, 1.54) is 0 Å². The monoisotopic (exact) mass is 142 g/mol. The van der Waals surface area contributed by atoms with Crippen LogP contribution in [-0.2, 0) is 9.53 Å². The molecule has 0 bridgehead atoms. The first kappa shape index (κ1) is 7.54. The third kappa shape index (κ3) is 1.48. The molecule has 3 heteroatoms. The van der Waals surface area contributed by atoms with Crippen LogP contribution in [-0.4, -0.2) is 37.1 Å². The van der Waals surface area contributed by atoms with E-state index >= 15 is 0 Å². The molecule has 1 rings (SSSR count). The summed E-state index contributed by atoms with van der Waals surface area (Å²) < 4.78 is 5.27. The van der Waals surface area contributed by atoms with Crippen molar-refractivity contribution in [1.29, 1.82) is 0 Å². The lowest BCUT2D eigenvalue weighted by molar-refractivity contribution is 0.117. The van der Waals surface area contributed by atoms with Crippen molar-refractivity contribution < 1.29 is 9.53 Å². The summed E-state index contributed by atoms with van der Waals surface area (Å²) in [5.74, 6) is 0. The second-order valence-corrected chi connectivity index (χ2v) is 2.50. The van der Waals surface area contributed by atoms with Crippen LogP contribution in [0.5, 0.6) is 0 Å². The van der Waals surface area contributed by atoms with Gasteiger partial charge in [-0.2, -0.15) is 0 Å². The summed E-state index contributed by atoms with van der Waals surface area (Å²) in [6.45, 7) is 2.69. The molecule has 2 atom stereocenters. The van der Waals surface area contributed by atoms with Crippen molar-refractivity contribution in [3.05, 3.63) is 0 Å². The quantitative estimate of drug-likeness (QED) is 0.523. The fraction of sp³-hybridized carbons (Fsp3) is 0.857. The Morgan fingerprint density at radius 2 is 2.50 bits per heavy atom. The van der Waals surface area contributed by atoms with Crippen LogP contribution in [0.2, 0.25) is 0 Å². The molecule has 1 fully saturated rings. The Morgan fingerprint density at radius 1 is 1.80 bits per heavy atom. The van der Waals surface area contributed by atoms with Gasteiger partial charge in [0.15, 0.2) is 0 Å². The lowest BCUT2D eigenvalue weighted by atomic mass is 10.6. The highest BCUT2D eigenvalue weighted by molar-refractivity contribution is 5.49. The molecule has 1 amide bonds. The van der Waals surface area contributed by atoms with Gasteiger partial charge in [-0.25, -0.2) is 0 Å². The van der Waals surface area contributed by atoms with Gasteiger partial charge in [-0.1, -0.05) is 0 Å². The van der Waals surface area contributed by atoms with E-state index in [0.717, 1.165) is 13.0 Å². The Kier molecular flexibility index (Phi) is 2.27. The van der Waals surface area contributed by atoms with Gasteiger partial charge in [-0.05, 0) is 13.3 Å². The van der Waals surface area contributed by atoms with E-state index in [2.05, 4.69) is 0 Å². The molecule has 10 heavy (non-hydrogen) atoms. The van der Waals surface area contributed by atoms with Gasteiger partial charge in [0.1, 0.15) is 0 Å². The van der Waals surface area contributed by atoms with E-state index in [-0.39, 0.29) is 12.1 Å². The number of carbonyl (C=O) groups excluding carboxylic acids is 1. The van der Waals surface area contributed by atoms with Gasteiger partial charge in [0, 0.05) is 13.7 Å². The van der Waals surface area contributed by atoms with Gasteiger partial charge < -0.3 is 9.64 Å². The predicted molar refractivity (Wildman–Crippen MR) is 37.3 cm³/mol. The third-order valence-electron chi connectivity index (χ3n) is 1.72. The molecule has 1 aliphatic carbocycles. The van der Waals surface area contributed by atoms with Crippen LogP contribution in [0.25, 0.3) is 0 Å². The zero-order valence-corrected chi connectivity index (χ0v) is 6.33. The number of nitrogens with zero attached hydrogens (tertiary/aromatic N) is 1. The highest BCUT2D eigenvalue weighted by Crippen LogP contribution is 2.29. The Bertz CT molecular complexity index is 127. The predicted octanol–water partition coefficient (Wildman–Crippen LogP) is 0.163. The first-order valence-electron chi connectivity index (χ1n) is 3.51. The fourth-order valence-electron chi connectivity index (χ4n) is 1.03. The summed E-state index contributed by atoms with van der Waals surface area (Å²) in [7, 11) is 1.73. The number of ether oxygens (including phenoxy) is 1. The van der Waals surface area contributed by atoms with E-state index in [4.69, 9.17) is 4.74 Å². The molecule has 0 heterocycles. The number of hydrogen-bond donors (Lipinski definition) is 0. The average molecular weight is 142 g/mol. The molecule has 1 radical (unpaired) electrons. The van der Waals surface area contributed by atoms with Crippen molar-refractivity contribution in [2.24, 2.45) is 0 Å². The van der Waals surface area contributed by atoms with E-state index in [1.807, 2.05) is 13.3 Å². The zero-order valence-electron chi connectivity index (χ0n) is 6.33. The molecule has 0 saturated heterocycles. The Hall–Kier alpha value is -0.570. The largest absolute Gasteiger partial charge is 0.376 e. The first-order valence-corrected chi connectivity index (χ1v) is 3.51. The van der Waals surface area contributed by atoms with Crippen LogP contribution in [0.15, 0.2) is 0 Å². The van der Waals surface area contributed by atoms with Crippen LogP contribution in [0.3, 0.4) is 0 Å². The standard InChI is InChI=1S/C7H12NO2/c1-3-10-7-4-6(7)8(2)5-9/h6-7H,3-4H2,1-2H3. The molecule has 0 N–H and O–H groups in total. The summed E-state index contributed by atoms with van der Waals surface area (Å²) in [6.07, 6.45) is 3.06. The minimum atomic E-state index is 0.274. The minimum absolute atomic E-state index is 0.274. The lowest BCUT2D eigenvalue weighted by Gasteiger charge is -2.07. The number of amides is 1. The molecule has 0 aromatic carbocycles. The summed E-state index contributed by atoms with van der Waals surface area (Å²) in [5.41, 5.74) is 0. The van der Waals surface area contributed by atoms with Crippen LogP contribution < -0.4 is 0 Å². The topological polar surface area (TPSA) is 29.5 Å². The van der Waals surface area contributed by atoms with Gasteiger partial charge >= 0.3 is 6.41 Å².